The first kappa shape index (κ1) is 29.4. The molecule has 1 aliphatic carbocycles. The predicted octanol–water partition coefficient (Wildman–Crippen LogP) is 0.869. The van der Waals surface area contributed by atoms with Gasteiger partial charge in [0, 0.05) is 0 Å². The maximum atomic E-state index is 2.99. The predicted molar refractivity (Wildman–Crippen MR) is 127 cm³/mol. The molecule has 0 nitrogen and oxygen atoms in total. The number of benzene rings is 2. The third-order valence-electron chi connectivity index (χ3n) is 4.33. The molecule has 0 atom stereocenters. The van der Waals surface area contributed by atoms with E-state index in [4.69, 9.17) is 0 Å². The smallest absolute Gasteiger partial charge is 0.109 e. The molecule has 0 heterocycles. The summed E-state index contributed by atoms with van der Waals surface area (Å²) in [7, 11) is -1.20. The van der Waals surface area contributed by atoms with Crippen LogP contribution in [0, 0.1) is 6.08 Å². The van der Waals surface area contributed by atoms with E-state index in [0.717, 1.165) is 6.42 Å². The van der Waals surface area contributed by atoms with Crippen molar-refractivity contribution in [2.45, 2.75) is 39.2 Å². The van der Waals surface area contributed by atoms with Gasteiger partial charge in [-0.1, -0.05) is 60.7 Å². The van der Waals surface area contributed by atoms with Crippen LogP contribution in [0.1, 0.15) is 6.42 Å². The van der Waals surface area contributed by atoms with E-state index in [1.54, 1.807) is 23.3 Å². The zero-order valence-corrected chi connectivity index (χ0v) is 24.4. The molecule has 1 aliphatic rings. The van der Waals surface area contributed by atoms with Crippen LogP contribution in [0.5, 0.6) is 0 Å². The van der Waals surface area contributed by atoms with Crippen molar-refractivity contribution in [1.82, 2.24) is 0 Å². The molecule has 3 aromatic rings. The summed E-state index contributed by atoms with van der Waals surface area (Å²) in [5.74, 6) is 0. The summed E-state index contributed by atoms with van der Waals surface area (Å²) in [6, 6.07) is 22.2. The van der Waals surface area contributed by atoms with Gasteiger partial charge in [0.05, 0.1) is 8.07 Å². The van der Waals surface area contributed by atoms with Crippen molar-refractivity contribution in [2.75, 3.05) is 0 Å². The van der Waals surface area contributed by atoms with Crippen LogP contribution < -0.4 is 30.0 Å². The van der Waals surface area contributed by atoms with Gasteiger partial charge in [-0.15, -0.1) is 35.4 Å². The number of hydrogen-bond donors (Lipinski definition) is 0. The van der Waals surface area contributed by atoms with Gasteiger partial charge in [0.25, 0.3) is 0 Å². The molecule has 0 amide bonds. The van der Waals surface area contributed by atoms with Crippen molar-refractivity contribution in [3.63, 3.8) is 0 Å². The van der Waals surface area contributed by atoms with Crippen LogP contribution in [-0.2, 0) is 23.3 Å². The van der Waals surface area contributed by atoms with Crippen molar-refractivity contribution >= 4 is 29.5 Å². The summed E-state index contributed by atoms with van der Waals surface area (Å²) >= 11 is 1.74. The maximum absolute atomic E-state index is 2.99. The Hall–Kier alpha value is -0.573. The fraction of sp³-hybridized carbons (Fsp3) is 0.240. The Kier molecular flexibility index (Phi) is 14.2. The molecule has 0 fully saturated rings. The van der Waals surface area contributed by atoms with Crippen LogP contribution in [-0.4, -0.2) is 13.5 Å². The Morgan fingerprint density at radius 2 is 1.60 bits per heavy atom. The first-order valence-electron chi connectivity index (χ1n) is 9.78. The first-order valence-corrected chi connectivity index (χ1v) is 19.5. The quantitative estimate of drug-likeness (QED) is 0.330. The van der Waals surface area contributed by atoms with Gasteiger partial charge in [0.1, 0.15) is 0 Å². The molecule has 158 valence electrons. The second kappa shape index (κ2) is 14.5. The fourth-order valence-electron chi connectivity index (χ4n) is 2.90. The zero-order valence-electron chi connectivity index (χ0n) is 18.5. The van der Waals surface area contributed by atoms with E-state index in [1.165, 1.54) is 27.1 Å². The SMILES string of the molecule is C[Si](C)(C)c1ccc(-c2cccc3[cH-]ccc23)cc1.C[Si](C)=[Zr+2].[C-]1=CC=CC1.[Cl-].[Cl-]. The molecule has 0 spiro atoms. The largest absolute Gasteiger partial charge is 1.00 e. The Labute approximate surface area is 211 Å². The molecule has 4 rings (SSSR count). The minimum absolute atomic E-state index is 0. The maximum Gasteiger partial charge on any atom is -0.109 e. The molecule has 3 aromatic carbocycles. The van der Waals surface area contributed by atoms with Crippen LogP contribution in [0.2, 0.25) is 32.7 Å². The van der Waals surface area contributed by atoms with Gasteiger partial charge < -0.3 is 24.8 Å². The van der Waals surface area contributed by atoms with Gasteiger partial charge in [0.2, 0.25) is 0 Å². The third-order valence-corrected chi connectivity index (χ3v) is 6.39. The standard InChI is InChI=1S/C18H19Si.C5H5.C2H6Si.2ClH.Zr/c1-19(2,3)16-12-10-15(11-13-16)18-9-5-7-14-6-4-8-17(14)18;1-2-4-5-3-1;1-3-2;;;/h4-13H,1-3H3;1-3H,4H2;1-2H3;2*1H;/q2*-1;;;;+2/p-2. The topological polar surface area (TPSA) is 0 Å². The third kappa shape index (κ3) is 9.70. The molecule has 0 radical (unpaired) electrons. The summed E-state index contributed by atoms with van der Waals surface area (Å²) in [6.07, 6.45) is 10.0. The summed E-state index contributed by atoms with van der Waals surface area (Å²) in [5.41, 5.74) is 2.87. The average Bonchev–Trinajstić information content (AvgIpc) is 3.35. The van der Waals surface area contributed by atoms with Gasteiger partial charge in [-0.3, -0.25) is 6.08 Å². The number of hydrogen-bond acceptors (Lipinski definition) is 0. The molecule has 5 heteroatoms. The van der Waals surface area contributed by atoms with E-state index >= 15 is 0 Å². The Bertz CT molecular complexity index is 951. The Balaban J connectivity index is 0.000000645. The number of rotatable bonds is 2. The van der Waals surface area contributed by atoms with Gasteiger partial charge in [-0.05, 0) is 5.56 Å². The van der Waals surface area contributed by atoms with Crippen LogP contribution >= 0.6 is 0 Å². The fourth-order valence-corrected chi connectivity index (χ4v) is 4.07. The van der Waals surface area contributed by atoms with Gasteiger partial charge in [0.15, 0.2) is 0 Å². The monoisotopic (exact) mass is 546 g/mol. The Morgan fingerprint density at radius 1 is 0.967 bits per heavy atom. The molecule has 0 aromatic heterocycles. The van der Waals surface area contributed by atoms with E-state index in [1.807, 2.05) is 12.2 Å². The van der Waals surface area contributed by atoms with Crippen LogP contribution in [0.25, 0.3) is 21.9 Å². The van der Waals surface area contributed by atoms with Crippen LogP contribution in [0.4, 0.5) is 0 Å². The van der Waals surface area contributed by atoms with E-state index in [-0.39, 0.29) is 30.2 Å². The number of allylic oxidation sites excluding steroid dienone is 4. The molecular weight excluding hydrogens is 519 g/mol. The summed E-state index contributed by atoms with van der Waals surface area (Å²) in [5, 5.41) is 4.20. The van der Waals surface area contributed by atoms with Gasteiger partial charge >= 0.3 is 41.9 Å². The first-order chi connectivity index (χ1) is 13.3. The minimum Gasteiger partial charge on any atom is -1.00 e. The van der Waals surface area contributed by atoms with Crippen molar-refractivity contribution in [2.24, 2.45) is 0 Å². The molecular formula is C25H30Cl2Si2Zr-2. The van der Waals surface area contributed by atoms with E-state index in [9.17, 15) is 0 Å². The second-order valence-corrected chi connectivity index (χ2v) is 22.6. The van der Waals surface area contributed by atoms with Crippen molar-refractivity contribution in [3.8, 4) is 11.1 Å². The summed E-state index contributed by atoms with van der Waals surface area (Å²) in [4.78, 5) is 0. The van der Waals surface area contributed by atoms with Crippen molar-refractivity contribution in [1.29, 1.82) is 0 Å². The van der Waals surface area contributed by atoms with E-state index < -0.39 is 8.07 Å². The summed E-state index contributed by atoms with van der Waals surface area (Å²) in [6.45, 7) is 11.8. The second-order valence-electron chi connectivity index (χ2n) is 8.16. The molecule has 0 saturated heterocycles. The minimum atomic E-state index is -1.20. The van der Waals surface area contributed by atoms with E-state index in [2.05, 4.69) is 106 Å². The molecule has 30 heavy (non-hydrogen) atoms. The number of halogens is 2. The van der Waals surface area contributed by atoms with Crippen molar-refractivity contribution < 1.29 is 48.1 Å². The average molecular weight is 549 g/mol. The van der Waals surface area contributed by atoms with E-state index in [0.29, 0.717) is 0 Å². The number of fused-ring (bicyclic) bond motifs is 1. The zero-order chi connectivity index (χ0) is 20.6. The Morgan fingerprint density at radius 3 is 2.07 bits per heavy atom. The van der Waals surface area contributed by atoms with Crippen LogP contribution in [0.15, 0.2) is 78.9 Å². The molecule has 0 aliphatic heterocycles. The normalized spacial score (nSPS) is 11.4. The molecule has 0 bridgehead atoms. The molecule has 0 unspecified atom stereocenters. The molecule has 0 saturated carbocycles. The molecule has 0 N–H and O–H groups in total. The summed E-state index contributed by atoms with van der Waals surface area (Å²) < 4.78 is 0. The van der Waals surface area contributed by atoms with Crippen molar-refractivity contribution in [3.05, 3.63) is 85.0 Å². The van der Waals surface area contributed by atoms with Crippen LogP contribution in [0.3, 0.4) is 0 Å². The van der Waals surface area contributed by atoms with Gasteiger partial charge in [-0.2, -0.15) is 18.2 Å². The van der Waals surface area contributed by atoms with Gasteiger partial charge in [-0.25, -0.2) is 12.2 Å².